The summed E-state index contributed by atoms with van der Waals surface area (Å²) >= 11 is 2.30. The van der Waals surface area contributed by atoms with E-state index < -0.39 is 0 Å². The van der Waals surface area contributed by atoms with Gasteiger partial charge in [0, 0.05) is 15.3 Å². The number of rotatable bonds is 3. The van der Waals surface area contributed by atoms with Crippen molar-refractivity contribution in [3.63, 3.8) is 0 Å². The summed E-state index contributed by atoms with van der Waals surface area (Å²) in [4.78, 5) is 0. The molecule has 2 aromatic rings. The van der Waals surface area contributed by atoms with Crippen LogP contribution in [0.15, 0.2) is 48.5 Å². The molecule has 0 saturated carbocycles. The SMILES string of the molecule is CC(Nc1cccc(I)c1)c1ccc(C#N)cc1. The van der Waals surface area contributed by atoms with Crippen molar-refractivity contribution in [3.05, 3.63) is 63.2 Å². The Bertz CT molecular complexity index is 570. The van der Waals surface area contributed by atoms with Crippen molar-refractivity contribution in [1.29, 1.82) is 5.26 Å². The Balaban J connectivity index is 2.12. The smallest absolute Gasteiger partial charge is 0.0991 e. The number of nitrogens with zero attached hydrogens (tertiary/aromatic N) is 1. The molecule has 3 heteroatoms. The summed E-state index contributed by atoms with van der Waals surface area (Å²) in [5.74, 6) is 0. The van der Waals surface area contributed by atoms with Crippen molar-refractivity contribution in [3.8, 4) is 6.07 Å². The second kappa shape index (κ2) is 5.87. The van der Waals surface area contributed by atoms with E-state index in [9.17, 15) is 0 Å². The molecule has 0 spiro atoms. The lowest BCUT2D eigenvalue weighted by molar-refractivity contribution is 0.884. The number of halogens is 1. The van der Waals surface area contributed by atoms with Gasteiger partial charge in [-0.25, -0.2) is 0 Å². The minimum Gasteiger partial charge on any atom is -0.378 e. The van der Waals surface area contributed by atoms with Gasteiger partial charge >= 0.3 is 0 Å². The molecule has 0 saturated heterocycles. The van der Waals surface area contributed by atoms with Crippen LogP contribution >= 0.6 is 22.6 Å². The quantitative estimate of drug-likeness (QED) is 0.838. The third-order valence-corrected chi connectivity index (χ3v) is 3.42. The van der Waals surface area contributed by atoms with Crippen LogP contribution in [0.5, 0.6) is 0 Å². The van der Waals surface area contributed by atoms with Crippen molar-refractivity contribution in [2.24, 2.45) is 0 Å². The van der Waals surface area contributed by atoms with Gasteiger partial charge in [-0.05, 0) is 65.4 Å². The lowest BCUT2D eigenvalue weighted by Gasteiger charge is -2.16. The number of benzene rings is 2. The predicted octanol–water partition coefficient (Wildman–Crippen LogP) is 4.34. The molecule has 0 fully saturated rings. The Kier molecular flexibility index (Phi) is 4.21. The maximum atomic E-state index is 8.77. The molecule has 1 atom stereocenters. The second-order valence-electron chi connectivity index (χ2n) is 4.11. The van der Waals surface area contributed by atoms with Crippen molar-refractivity contribution in [2.75, 3.05) is 5.32 Å². The highest BCUT2D eigenvalue weighted by Gasteiger charge is 2.05. The van der Waals surface area contributed by atoms with Crippen LogP contribution in [-0.4, -0.2) is 0 Å². The van der Waals surface area contributed by atoms with Crippen LogP contribution in [0.3, 0.4) is 0 Å². The van der Waals surface area contributed by atoms with Gasteiger partial charge in [-0.3, -0.25) is 0 Å². The van der Waals surface area contributed by atoms with Gasteiger partial charge in [0.05, 0.1) is 11.6 Å². The average Bonchev–Trinajstić information content (AvgIpc) is 2.39. The van der Waals surface area contributed by atoms with Crippen molar-refractivity contribution >= 4 is 28.3 Å². The third kappa shape index (κ3) is 3.23. The van der Waals surface area contributed by atoms with Crippen molar-refractivity contribution in [2.45, 2.75) is 13.0 Å². The molecule has 2 nitrogen and oxygen atoms in total. The molecule has 0 radical (unpaired) electrons. The Morgan fingerprint density at radius 3 is 2.50 bits per heavy atom. The Morgan fingerprint density at radius 1 is 1.17 bits per heavy atom. The first-order valence-corrected chi connectivity index (χ1v) is 6.79. The molecule has 0 aliphatic rings. The maximum absolute atomic E-state index is 8.77. The lowest BCUT2D eigenvalue weighted by atomic mass is 10.1. The standard InChI is InChI=1S/C15H13IN2/c1-11(13-7-5-12(10-17)6-8-13)18-15-4-2-3-14(16)9-15/h2-9,11,18H,1H3. The molecule has 2 aromatic carbocycles. The lowest BCUT2D eigenvalue weighted by Crippen LogP contribution is -2.06. The van der Waals surface area contributed by atoms with E-state index in [0.717, 1.165) is 5.69 Å². The number of anilines is 1. The van der Waals surface area contributed by atoms with Crippen LogP contribution in [0.25, 0.3) is 0 Å². The van der Waals surface area contributed by atoms with Crippen LogP contribution in [-0.2, 0) is 0 Å². The second-order valence-corrected chi connectivity index (χ2v) is 5.36. The summed E-state index contributed by atoms with van der Waals surface area (Å²) in [5, 5.41) is 12.2. The van der Waals surface area contributed by atoms with Gasteiger partial charge < -0.3 is 5.32 Å². The molecule has 0 aliphatic heterocycles. The van der Waals surface area contributed by atoms with Gasteiger partial charge in [-0.15, -0.1) is 0 Å². The van der Waals surface area contributed by atoms with E-state index in [4.69, 9.17) is 5.26 Å². The highest BCUT2D eigenvalue weighted by Crippen LogP contribution is 2.20. The van der Waals surface area contributed by atoms with Gasteiger partial charge in [0.15, 0.2) is 0 Å². The Labute approximate surface area is 121 Å². The first-order valence-electron chi connectivity index (χ1n) is 5.71. The average molecular weight is 348 g/mol. The zero-order valence-corrected chi connectivity index (χ0v) is 12.2. The summed E-state index contributed by atoms with van der Waals surface area (Å²) in [6.45, 7) is 2.11. The molecule has 0 aliphatic carbocycles. The molecule has 0 bridgehead atoms. The first kappa shape index (κ1) is 12.9. The summed E-state index contributed by atoms with van der Waals surface area (Å²) in [6.07, 6.45) is 0. The fourth-order valence-electron chi connectivity index (χ4n) is 1.76. The topological polar surface area (TPSA) is 35.8 Å². The maximum Gasteiger partial charge on any atom is 0.0991 e. The zero-order valence-electron chi connectivity index (χ0n) is 10.0. The number of nitrogens with one attached hydrogen (secondary N) is 1. The largest absolute Gasteiger partial charge is 0.378 e. The number of nitriles is 1. The zero-order chi connectivity index (χ0) is 13.0. The molecule has 1 unspecified atom stereocenters. The molecule has 0 heterocycles. The molecule has 18 heavy (non-hydrogen) atoms. The summed E-state index contributed by atoms with van der Waals surface area (Å²) in [5.41, 5.74) is 2.98. The highest BCUT2D eigenvalue weighted by atomic mass is 127. The number of hydrogen-bond donors (Lipinski definition) is 1. The van der Waals surface area contributed by atoms with Crippen LogP contribution in [0, 0.1) is 14.9 Å². The molecule has 0 aromatic heterocycles. The molecule has 1 N–H and O–H groups in total. The van der Waals surface area contributed by atoms with Crippen LogP contribution in [0.4, 0.5) is 5.69 Å². The fraction of sp³-hybridized carbons (Fsp3) is 0.133. The van der Waals surface area contributed by atoms with Gasteiger partial charge in [0.25, 0.3) is 0 Å². The molecule has 0 amide bonds. The van der Waals surface area contributed by atoms with Crippen LogP contribution in [0.1, 0.15) is 24.1 Å². The van der Waals surface area contributed by atoms with E-state index in [-0.39, 0.29) is 6.04 Å². The highest BCUT2D eigenvalue weighted by molar-refractivity contribution is 14.1. The number of hydrogen-bond acceptors (Lipinski definition) is 2. The fourth-order valence-corrected chi connectivity index (χ4v) is 2.30. The Morgan fingerprint density at radius 2 is 1.89 bits per heavy atom. The van der Waals surface area contributed by atoms with E-state index in [1.165, 1.54) is 9.13 Å². The van der Waals surface area contributed by atoms with E-state index in [0.29, 0.717) is 5.56 Å². The third-order valence-electron chi connectivity index (χ3n) is 2.75. The van der Waals surface area contributed by atoms with Gasteiger partial charge in [-0.1, -0.05) is 18.2 Å². The summed E-state index contributed by atoms with van der Waals surface area (Å²) in [6, 6.07) is 18.3. The van der Waals surface area contributed by atoms with E-state index >= 15 is 0 Å². The normalized spacial score (nSPS) is 11.6. The van der Waals surface area contributed by atoms with Gasteiger partial charge in [0.2, 0.25) is 0 Å². The van der Waals surface area contributed by atoms with E-state index in [2.05, 4.69) is 59.1 Å². The Hall–Kier alpha value is -1.54. The minimum atomic E-state index is 0.218. The monoisotopic (exact) mass is 348 g/mol. The molecular formula is C15H13IN2. The molecule has 2 rings (SSSR count). The van der Waals surface area contributed by atoms with Gasteiger partial charge in [0.1, 0.15) is 0 Å². The van der Waals surface area contributed by atoms with E-state index in [1.807, 2.05) is 30.3 Å². The molecule has 90 valence electrons. The molecular weight excluding hydrogens is 335 g/mol. The summed E-state index contributed by atoms with van der Waals surface area (Å²) in [7, 11) is 0. The van der Waals surface area contributed by atoms with Gasteiger partial charge in [-0.2, -0.15) is 5.26 Å². The van der Waals surface area contributed by atoms with Crippen molar-refractivity contribution in [1.82, 2.24) is 0 Å². The van der Waals surface area contributed by atoms with Crippen LogP contribution < -0.4 is 5.32 Å². The predicted molar refractivity (Wildman–Crippen MR) is 82.4 cm³/mol. The summed E-state index contributed by atoms with van der Waals surface area (Å²) < 4.78 is 1.21. The first-order chi connectivity index (χ1) is 8.69. The van der Waals surface area contributed by atoms with Crippen LogP contribution in [0.2, 0.25) is 0 Å². The minimum absolute atomic E-state index is 0.218. The van der Waals surface area contributed by atoms with E-state index in [1.54, 1.807) is 0 Å². The van der Waals surface area contributed by atoms with Crippen molar-refractivity contribution < 1.29 is 0 Å².